The van der Waals surface area contributed by atoms with Gasteiger partial charge in [-0.15, -0.1) is 0 Å². The van der Waals surface area contributed by atoms with Crippen LogP contribution in [0.1, 0.15) is 26.2 Å². The summed E-state index contributed by atoms with van der Waals surface area (Å²) in [7, 11) is 0. The number of nitrogens with zero attached hydrogens (tertiary/aromatic N) is 1. The molecule has 1 aromatic rings. The summed E-state index contributed by atoms with van der Waals surface area (Å²) in [6.07, 6.45) is 6.82. The van der Waals surface area contributed by atoms with Gasteiger partial charge in [-0.2, -0.15) is 11.8 Å². The third-order valence-corrected chi connectivity index (χ3v) is 4.39. The molecular weight excluding hydrogens is 246 g/mol. The third kappa shape index (κ3) is 3.63. The van der Waals surface area contributed by atoms with Gasteiger partial charge in [0.15, 0.2) is 0 Å². The number of carbonyl (C=O) groups excluding carboxylic acids is 1. The molecule has 0 spiro atoms. The van der Waals surface area contributed by atoms with Crippen LogP contribution < -0.4 is 10.6 Å². The number of urea groups is 1. The number of hydrogen-bond donors (Lipinski definition) is 2. The third-order valence-electron chi connectivity index (χ3n) is 3.07. The zero-order valence-electron chi connectivity index (χ0n) is 10.6. The van der Waals surface area contributed by atoms with Gasteiger partial charge in [0.05, 0.1) is 11.9 Å². The molecule has 1 heterocycles. The molecule has 18 heavy (non-hydrogen) atoms. The zero-order chi connectivity index (χ0) is 12.8. The van der Waals surface area contributed by atoms with Crippen molar-refractivity contribution in [2.75, 3.05) is 11.1 Å². The van der Waals surface area contributed by atoms with Crippen LogP contribution >= 0.6 is 11.8 Å². The highest BCUT2D eigenvalue weighted by molar-refractivity contribution is 7.99. The minimum Gasteiger partial charge on any atom is -0.334 e. The number of anilines is 1. The summed E-state index contributed by atoms with van der Waals surface area (Å²) in [5.41, 5.74) is 0.729. The molecule has 4 nitrogen and oxygen atoms in total. The monoisotopic (exact) mass is 265 g/mol. The first-order valence-corrected chi connectivity index (χ1v) is 7.43. The van der Waals surface area contributed by atoms with E-state index in [1.807, 2.05) is 17.8 Å². The number of carbonyl (C=O) groups is 1. The summed E-state index contributed by atoms with van der Waals surface area (Å²) in [6, 6.07) is 3.81. The molecule has 2 N–H and O–H groups in total. The highest BCUT2D eigenvalue weighted by Crippen LogP contribution is 2.29. The molecule has 0 saturated heterocycles. The topological polar surface area (TPSA) is 54.0 Å². The summed E-state index contributed by atoms with van der Waals surface area (Å²) in [5, 5.41) is 6.44. The molecule has 0 aromatic carbocycles. The highest BCUT2D eigenvalue weighted by atomic mass is 32.2. The van der Waals surface area contributed by atoms with Gasteiger partial charge >= 0.3 is 6.03 Å². The molecule has 1 aliphatic rings. The normalized spacial score (nSPS) is 22.7. The van der Waals surface area contributed by atoms with E-state index >= 15 is 0 Å². The van der Waals surface area contributed by atoms with Crippen LogP contribution in [0.15, 0.2) is 24.5 Å². The van der Waals surface area contributed by atoms with Crippen LogP contribution in [0.4, 0.5) is 10.5 Å². The van der Waals surface area contributed by atoms with Crippen LogP contribution in [0.25, 0.3) is 0 Å². The molecular formula is C13H19N3OS. The van der Waals surface area contributed by atoms with E-state index in [-0.39, 0.29) is 6.03 Å². The average Bonchev–Trinajstić information content (AvgIpc) is 2.78. The molecule has 0 unspecified atom stereocenters. The van der Waals surface area contributed by atoms with Crippen molar-refractivity contribution in [1.29, 1.82) is 0 Å². The maximum absolute atomic E-state index is 11.9. The van der Waals surface area contributed by atoms with Crippen molar-refractivity contribution in [3.05, 3.63) is 24.5 Å². The Morgan fingerprint density at radius 2 is 2.44 bits per heavy atom. The molecule has 5 heteroatoms. The Kier molecular flexibility index (Phi) is 4.87. The van der Waals surface area contributed by atoms with Gasteiger partial charge in [0, 0.05) is 17.5 Å². The lowest BCUT2D eigenvalue weighted by Gasteiger charge is -2.20. The first-order chi connectivity index (χ1) is 8.79. The number of amides is 2. The quantitative estimate of drug-likeness (QED) is 0.880. The molecule has 2 atom stereocenters. The minimum atomic E-state index is -0.128. The van der Waals surface area contributed by atoms with Gasteiger partial charge in [0.2, 0.25) is 0 Å². The van der Waals surface area contributed by atoms with E-state index in [0.29, 0.717) is 11.3 Å². The molecule has 1 aromatic heterocycles. The van der Waals surface area contributed by atoms with Gasteiger partial charge in [-0.1, -0.05) is 13.3 Å². The molecule has 0 aliphatic heterocycles. The minimum absolute atomic E-state index is 0.128. The van der Waals surface area contributed by atoms with E-state index < -0.39 is 0 Å². The standard InChI is InChI=1S/C13H19N3OS/c1-2-18-12-7-3-6-11(12)16-13(17)15-10-5-4-8-14-9-10/h4-5,8-9,11-12H,2-3,6-7H2,1H3,(H2,15,16,17)/t11-,12+/m0/s1. The van der Waals surface area contributed by atoms with E-state index in [2.05, 4.69) is 22.5 Å². The van der Waals surface area contributed by atoms with Gasteiger partial charge in [-0.3, -0.25) is 4.98 Å². The second kappa shape index (κ2) is 6.64. The molecule has 2 rings (SSSR count). The van der Waals surface area contributed by atoms with Crippen LogP contribution in [0.2, 0.25) is 0 Å². The van der Waals surface area contributed by atoms with Gasteiger partial charge in [-0.25, -0.2) is 4.79 Å². The Morgan fingerprint density at radius 1 is 1.56 bits per heavy atom. The Hall–Kier alpha value is -1.23. The molecule has 1 fully saturated rings. The molecule has 1 aliphatic carbocycles. The fraction of sp³-hybridized carbons (Fsp3) is 0.538. The van der Waals surface area contributed by atoms with Crippen molar-refractivity contribution in [3.63, 3.8) is 0 Å². The lowest BCUT2D eigenvalue weighted by Crippen LogP contribution is -2.41. The first-order valence-electron chi connectivity index (χ1n) is 6.38. The Morgan fingerprint density at radius 3 is 3.17 bits per heavy atom. The number of rotatable bonds is 4. The smallest absolute Gasteiger partial charge is 0.319 e. The molecule has 1 saturated carbocycles. The van der Waals surface area contributed by atoms with Crippen LogP contribution in [0.5, 0.6) is 0 Å². The van der Waals surface area contributed by atoms with Crippen LogP contribution in [0.3, 0.4) is 0 Å². The summed E-state index contributed by atoms with van der Waals surface area (Å²) < 4.78 is 0. The number of aromatic nitrogens is 1. The number of pyridine rings is 1. The van der Waals surface area contributed by atoms with Crippen molar-refractivity contribution in [1.82, 2.24) is 10.3 Å². The predicted molar refractivity (Wildman–Crippen MR) is 76.0 cm³/mol. The summed E-state index contributed by atoms with van der Waals surface area (Å²) in [6.45, 7) is 2.16. The summed E-state index contributed by atoms with van der Waals surface area (Å²) >= 11 is 1.94. The molecule has 98 valence electrons. The number of hydrogen-bond acceptors (Lipinski definition) is 3. The number of thioether (sulfide) groups is 1. The van der Waals surface area contributed by atoms with Gasteiger partial charge in [0.25, 0.3) is 0 Å². The molecule has 0 radical (unpaired) electrons. The first kappa shape index (κ1) is 13.2. The highest BCUT2D eigenvalue weighted by Gasteiger charge is 2.28. The summed E-state index contributed by atoms with van der Waals surface area (Å²) in [5.74, 6) is 1.10. The Labute approximate surface area is 112 Å². The van der Waals surface area contributed by atoms with Crippen LogP contribution in [-0.2, 0) is 0 Å². The van der Waals surface area contributed by atoms with Crippen molar-refractivity contribution in [3.8, 4) is 0 Å². The van der Waals surface area contributed by atoms with E-state index in [1.165, 1.54) is 12.8 Å². The molecule has 0 bridgehead atoms. The zero-order valence-corrected chi connectivity index (χ0v) is 11.4. The van der Waals surface area contributed by atoms with Crippen LogP contribution in [0, 0.1) is 0 Å². The lowest BCUT2D eigenvalue weighted by atomic mass is 10.2. The molecule has 2 amide bonds. The van der Waals surface area contributed by atoms with E-state index in [4.69, 9.17) is 0 Å². The predicted octanol–water partition coefficient (Wildman–Crippen LogP) is 2.88. The maximum Gasteiger partial charge on any atom is 0.319 e. The lowest BCUT2D eigenvalue weighted by molar-refractivity contribution is 0.249. The van der Waals surface area contributed by atoms with E-state index in [1.54, 1.807) is 18.5 Å². The van der Waals surface area contributed by atoms with Crippen molar-refractivity contribution >= 4 is 23.5 Å². The fourth-order valence-electron chi connectivity index (χ4n) is 2.28. The van der Waals surface area contributed by atoms with Gasteiger partial charge in [0.1, 0.15) is 0 Å². The van der Waals surface area contributed by atoms with E-state index in [9.17, 15) is 4.79 Å². The van der Waals surface area contributed by atoms with Crippen LogP contribution in [-0.4, -0.2) is 28.1 Å². The SMILES string of the molecule is CCS[C@@H]1CCC[C@@H]1NC(=O)Nc1cccnc1. The van der Waals surface area contributed by atoms with E-state index in [0.717, 1.165) is 17.9 Å². The largest absolute Gasteiger partial charge is 0.334 e. The fourth-order valence-corrected chi connectivity index (χ4v) is 3.47. The summed E-state index contributed by atoms with van der Waals surface area (Å²) in [4.78, 5) is 15.8. The second-order valence-corrected chi connectivity index (χ2v) is 5.89. The Bertz CT molecular complexity index is 385. The van der Waals surface area contributed by atoms with Crippen molar-refractivity contribution in [2.24, 2.45) is 0 Å². The van der Waals surface area contributed by atoms with Crippen molar-refractivity contribution < 1.29 is 4.79 Å². The maximum atomic E-state index is 11.9. The Balaban J connectivity index is 1.84. The number of nitrogens with one attached hydrogen (secondary N) is 2. The van der Waals surface area contributed by atoms with Gasteiger partial charge < -0.3 is 10.6 Å². The van der Waals surface area contributed by atoms with Gasteiger partial charge in [-0.05, 0) is 30.7 Å². The van der Waals surface area contributed by atoms with Crippen molar-refractivity contribution in [2.45, 2.75) is 37.5 Å². The second-order valence-electron chi connectivity index (χ2n) is 4.37. The average molecular weight is 265 g/mol.